The van der Waals surface area contributed by atoms with Crippen molar-refractivity contribution in [3.63, 3.8) is 0 Å². The maximum absolute atomic E-state index is 12.7. The molecule has 3 atom stereocenters. The Morgan fingerprint density at radius 1 is 1.15 bits per heavy atom. The summed E-state index contributed by atoms with van der Waals surface area (Å²) in [4.78, 5) is 14.9. The molecular weight excluding hydrogens is 246 g/mol. The van der Waals surface area contributed by atoms with Gasteiger partial charge in [-0.15, -0.1) is 0 Å². The van der Waals surface area contributed by atoms with Crippen LogP contribution in [0, 0.1) is 11.8 Å². The molecule has 1 amide bonds. The van der Waals surface area contributed by atoms with E-state index in [1.54, 1.807) is 0 Å². The predicted octanol–water partition coefficient (Wildman–Crippen LogP) is 3.66. The summed E-state index contributed by atoms with van der Waals surface area (Å²) in [7, 11) is 0. The summed E-state index contributed by atoms with van der Waals surface area (Å²) in [6.45, 7) is 3.34. The Kier molecular flexibility index (Phi) is 4.09. The highest BCUT2D eigenvalue weighted by Crippen LogP contribution is 2.38. The molecule has 1 aromatic rings. The number of piperidine rings is 1. The number of carbonyl (C=O) groups is 1. The summed E-state index contributed by atoms with van der Waals surface area (Å²) in [5.74, 6) is 1.87. The monoisotopic (exact) mass is 271 g/mol. The van der Waals surface area contributed by atoms with Gasteiger partial charge in [-0.2, -0.15) is 0 Å². The second-order valence-electron chi connectivity index (χ2n) is 6.53. The summed E-state index contributed by atoms with van der Waals surface area (Å²) in [5.41, 5.74) is 1.14. The zero-order chi connectivity index (χ0) is 13.9. The Balaban J connectivity index is 1.70. The summed E-state index contributed by atoms with van der Waals surface area (Å²) in [5, 5.41) is 0. The zero-order valence-electron chi connectivity index (χ0n) is 12.4. The van der Waals surface area contributed by atoms with Gasteiger partial charge in [0.1, 0.15) is 0 Å². The smallest absolute Gasteiger partial charge is 0.227 e. The summed E-state index contributed by atoms with van der Waals surface area (Å²) < 4.78 is 0. The summed E-state index contributed by atoms with van der Waals surface area (Å²) in [6.07, 6.45) is 6.94. The SMILES string of the molecule is CC1CCN(C(=O)Cc2ccccc2)C2CCCCC12. The molecule has 0 bridgehead atoms. The molecule has 3 unspecified atom stereocenters. The minimum absolute atomic E-state index is 0.333. The minimum atomic E-state index is 0.333. The molecule has 0 radical (unpaired) electrons. The van der Waals surface area contributed by atoms with Crippen LogP contribution in [0.5, 0.6) is 0 Å². The second-order valence-corrected chi connectivity index (χ2v) is 6.53. The van der Waals surface area contributed by atoms with Crippen LogP contribution in [0.15, 0.2) is 30.3 Å². The van der Waals surface area contributed by atoms with Crippen molar-refractivity contribution in [2.75, 3.05) is 6.54 Å². The number of benzene rings is 1. The van der Waals surface area contributed by atoms with E-state index in [9.17, 15) is 4.79 Å². The highest BCUT2D eigenvalue weighted by molar-refractivity contribution is 5.79. The normalized spacial score (nSPS) is 29.9. The Hall–Kier alpha value is -1.31. The molecule has 1 saturated carbocycles. The highest BCUT2D eigenvalue weighted by atomic mass is 16.2. The lowest BCUT2D eigenvalue weighted by Gasteiger charge is -2.47. The van der Waals surface area contributed by atoms with E-state index in [-0.39, 0.29) is 0 Å². The molecular formula is C18H25NO. The Morgan fingerprint density at radius 3 is 2.70 bits per heavy atom. The van der Waals surface area contributed by atoms with Gasteiger partial charge in [0.15, 0.2) is 0 Å². The quantitative estimate of drug-likeness (QED) is 0.804. The number of fused-ring (bicyclic) bond motifs is 1. The number of carbonyl (C=O) groups excluding carboxylic acids is 1. The van der Waals surface area contributed by atoms with Crippen molar-refractivity contribution in [2.45, 2.75) is 51.5 Å². The largest absolute Gasteiger partial charge is 0.339 e. The van der Waals surface area contributed by atoms with Crippen molar-refractivity contribution in [3.8, 4) is 0 Å². The molecule has 108 valence electrons. The fourth-order valence-electron chi connectivity index (χ4n) is 4.09. The molecule has 0 spiro atoms. The van der Waals surface area contributed by atoms with Gasteiger partial charge in [-0.05, 0) is 36.7 Å². The second kappa shape index (κ2) is 5.99. The molecule has 1 aliphatic heterocycles. The third-order valence-corrected chi connectivity index (χ3v) is 5.26. The van der Waals surface area contributed by atoms with Gasteiger partial charge >= 0.3 is 0 Å². The maximum atomic E-state index is 12.7. The van der Waals surface area contributed by atoms with E-state index in [2.05, 4.69) is 24.0 Å². The molecule has 2 nitrogen and oxygen atoms in total. The molecule has 1 saturated heterocycles. The van der Waals surface area contributed by atoms with Gasteiger partial charge in [0, 0.05) is 12.6 Å². The molecule has 20 heavy (non-hydrogen) atoms. The summed E-state index contributed by atoms with van der Waals surface area (Å²) >= 11 is 0. The van der Waals surface area contributed by atoms with Crippen molar-refractivity contribution in [3.05, 3.63) is 35.9 Å². The first kappa shape index (κ1) is 13.7. The van der Waals surface area contributed by atoms with Crippen LogP contribution in [0.2, 0.25) is 0 Å². The van der Waals surface area contributed by atoms with Crippen LogP contribution in [0.1, 0.15) is 44.6 Å². The lowest BCUT2D eigenvalue weighted by atomic mass is 9.72. The molecule has 0 N–H and O–H groups in total. The predicted molar refractivity (Wildman–Crippen MR) is 81.4 cm³/mol. The van der Waals surface area contributed by atoms with Crippen molar-refractivity contribution in [2.24, 2.45) is 11.8 Å². The molecule has 2 heteroatoms. The van der Waals surface area contributed by atoms with Gasteiger partial charge in [0.2, 0.25) is 5.91 Å². The number of rotatable bonds is 2. The average Bonchev–Trinajstić information content (AvgIpc) is 2.49. The molecule has 2 aliphatic rings. The number of nitrogens with zero attached hydrogens (tertiary/aromatic N) is 1. The van der Waals surface area contributed by atoms with Crippen molar-refractivity contribution >= 4 is 5.91 Å². The third-order valence-electron chi connectivity index (χ3n) is 5.26. The maximum Gasteiger partial charge on any atom is 0.227 e. The number of hydrogen-bond acceptors (Lipinski definition) is 1. The van der Waals surface area contributed by atoms with Crippen LogP contribution < -0.4 is 0 Å². The van der Waals surface area contributed by atoms with Gasteiger partial charge in [-0.25, -0.2) is 0 Å². The van der Waals surface area contributed by atoms with E-state index >= 15 is 0 Å². The van der Waals surface area contributed by atoms with Crippen LogP contribution in [-0.2, 0) is 11.2 Å². The Bertz CT molecular complexity index is 456. The fourth-order valence-corrected chi connectivity index (χ4v) is 4.09. The lowest BCUT2D eigenvalue weighted by Crippen LogP contribution is -2.52. The highest BCUT2D eigenvalue weighted by Gasteiger charge is 2.39. The van der Waals surface area contributed by atoms with Crippen LogP contribution in [0.25, 0.3) is 0 Å². The van der Waals surface area contributed by atoms with Gasteiger partial charge in [-0.3, -0.25) is 4.79 Å². The van der Waals surface area contributed by atoms with Crippen molar-refractivity contribution in [1.29, 1.82) is 0 Å². The molecule has 1 aliphatic carbocycles. The van der Waals surface area contributed by atoms with Crippen molar-refractivity contribution in [1.82, 2.24) is 4.90 Å². The first-order valence-corrected chi connectivity index (χ1v) is 8.09. The van der Waals surface area contributed by atoms with Crippen LogP contribution in [0.4, 0.5) is 0 Å². The lowest BCUT2D eigenvalue weighted by molar-refractivity contribution is -0.138. The van der Waals surface area contributed by atoms with Gasteiger partial charge in [0.05, 0.1) is 6.42 Å². The number of hydrogen-bond donors (Lipinski definition) is 0. The fraction of sp³-hybridized carbons (Fsp3) is 0.611. The standard InChI is InChI=1S/C18H25NO/c1-14-11-12-19(17-10-6-5-9-16(14)17)18(20)13-15-7-3-2-4-8-15/h2-4,7-8,14,16-17H,5-6,9-13H2,1H3. The van der Waals surface area contributed by atoms with E-state index in [4.69, 9.17) is 0 Å². The van der Waals surface area contributed by atoms with E-state index < -0.39 is 0 Å². The molecule has 2 fully saturated rings. The Morgan fingerprint density at radius 2 is 1.90 bits per heavy atom. The zero-order valence-corrected chi connectivity index (χ0v) is 12.4. The van der Waals surface area contributed by atoms with Crippen LogP contribution in [-0.4, -0.2) is 23.4 Å². The van der Waals surface area contributed by atoms with Crippen LogP contribution >= 0.6 is 0 Å². The summed E-state index contributed by atoms with van der Waals surface area (Å²) in [6, 6.07) is 10.7. The van der Waals surface area contributed by atoms with Crippen molar-refractivity contribution < 1.29 is 4.79 Å². The van der Waals surface area contributed by atoms with Gasteiger partial charge in [-0.1, -0.05) is 50.1 Å². The van der Waals surface area contributed by atoms with E-state index in [0.717, 1.165) is 23.9 Å². The first-order chi connectivity index (χ1) is 9.75. The number of likely N-dealkylation sites (tertiary alicyclic amines) is 1. The Labute approximate surface area is 122 Å². The topological polar surface area (TPSA) is 20.3 Å². The van der Waals surface area contributed by atoms with Crippen LogP contribution in [0.3, 0.4) is 0 Å². The van der Waals surface area contributed by atoms with E-state index in [0.29, 0.717) is 18.4 Å². The first-order valence-electron chi connectivity index (χ1n) is 8.09. The number of amides is 1. The third kappa shape index (κ3) is 2.74. The molecule has 1 aromatic carbocycles. The van der Waals surface area contributed by atoms with E-state index in [1.165, 1.54) is 32.1 Å². The average molecular weight is 271 g/mol. The molecule has 1 heterocycles. The molecule has 3 rings (SSSR count). The molecule has 0 aromatic heterocycles. The van der Waals surface area contributed by atoms with Gasteiger partial charge in [0.25, 0.3) is 0 Å². The van der Waals surface area contributed by atoms with E-state index in [1.807, 2.05) is 18.2 Å². The van der Waals surface area contributed by atoms with Gasteiger partial charge < -0.3 is 4.90 Å². The minimum Gasteiger partial charge on any atom is -0.339 e.